The number of carbonyl (C=O) groups is 1. The SMILES string of the molecule is CCOc1ccccc1OCC(=O)Nc1ncc(Cc2ccc(C)c(Cl)c2)s1. The van der Waals surface area contributed by atoms with Crippen molar-refractivity contribution in [1.29, 1.82) is 0 Å². The lowest BCUT2D eigenvalue weighted by atomic mass is 10.1. The van der Waals surface area contributed by atoms with Gasteiger partial charge in [0.15, 0.2) is 23.2 Å². The molecule has 146 valence electrons. The second-order valence-corrected chi connectivity index (χ2v) is 7.63. The maximum absolute atomic E-state index is 12.2. The number of hydrogen-bond acceptors (Lipinski definition) is 5. The Morgan fingerprint density at radius 2 is 1.93 bits per heavy atom. The Kier molecular flexibility index (Phi) is 6.90. The molecule has 1 amide bonds. The third kappa shape index (κ3) is 5.47. The lowest BCUT2D eigenvalue weighted by Crippen LogP contribution is -2.20. The number of nitrogens with one attached hydrogen (secondary N) is 1. The first kappa shape index (κ1) is 20.2. The number of aryl methyl sites for hydroxylation is 1. The van der Waals surface area contributed by atoms with E-state index in [4.69, 9.17) is 21.1 Å². The first-order chi connectivity index (χ1) is 13.5. The molecule has 1 N–H and O–H groups in total. The van der Waals surface area contributed by atoms with E-state index in [1.807, 2.05) is 44.2 Å². The second kappa shape index (κ2) is 9.57. The van der Waals surface area contributed by atoms with E-state index in [1.165, 1.54) is 11.3 Å². The highest BCUT2D eigenvalue weighted by Crippen LogP contribution is 2.27. The van der Waals surface area contributed by atoms with Gasteiger partial charge in [0.05, 0.1) is 6.61 Å². The molecule has 0 aliphatic heterocycles. The van der Waals surface area contributed by atoms with Crippen LogP contribution in [0.25, 0.3) is 0 Å². The molecular formula is C21H21ClN2O3S. The third-order valence-corrected chi connectivity index (χ3v) is 5.24. The van der Waals surface area contributed by atoms with Crippen molar-refractivity contribution in [3.63, 3.8) is 0 Å². The number of hydrogen-bond donors (Lipinski definition) is 1. The number of para-hydroxylation sites is 2. The number of benzene rings is 2. The maximum atomic E-state index is 12.2. The fourth-order valence-electron chi connectivity index (χ4n) is 2.54. The Morgan fingerprint density at radius 3 is 2.64 bits per heavy atom. The molecular weight excluding hydrogens is 396 g/mol. The molecule has 3 rings (SSSR count). The average Bonchev–Trinajstić information content (AvgIpc) is 3.11. The van der Waals surface area contributed by atoms with Crippen molar-refractivity contribution in [3.8, 4) is 11.5 Å². The van der Waals surface area contributed by atoms with Crippen LogP contribution < -0.4 is 14.8 Å². The first-order valence-corrected chi connectivity index (χ1v) is 10.1. The predicted octanol–water partition coefficient (Wildman–Crippen LogP) is 5.11. The lowest BCUT2D eigenvalue weighted by molar-refractivity contribution is -0.118. The summed E-state index contributed by atoms with van der Waals surface area (Å²) in [7, 11) is 0. The molecule has 0 bridgehead atoms. The Labute approximate surface area is 173 Å². The van der Waals surface area contributed by atoms with E-state index in [9.17, 15) is 4.79 Å². The van der Waals surface area contributed by atoms with Crippen LogP contribution in [0, 0.1) is 6.92 Å². The number of thiazole rings is 1. The van der Waals surface area contributed by atoms with Gasteiger partial charge in [-0.15, -0.1) is 11.3 Å². The summed E-state index contributed by atoms with van der Waals surface area (Å²) in [5, 5.41) is 4.06. The van der Waals surface area contributed by atoms with E-state index in [0.717, 1.165) is 21.0 Å². The zero-order valence-electron chi connectivity index (χ0n) is 15.7. The highest BCUT2D eigenvalue weighted by Gasteiger charge is 2.10. The van der Waals surface area contributed by atoms with Crippen LogP contribution in [-0.2, 0) is 11.2 Å². The van der Waals surface area contributed by atoms with Crippen molar-refractivity contribution in [2.75, 3.05) is 18.5 Å². The van der Waals surface area contributed by atoms with Crippen LogP contribution in [0.1, 0.15) is 22.9 Å². The van der Waals surface area contributed by atoms with Crippen LogP contribution >= 0.6 is 22.9 Å². The number of rotatable bonds is 8. The smallest absolute Gasteiger partial charge is 0.264 e. The van der Waals surface area contributed by atoms with E-state index in [2.05, 4.69) is 10.3 Å². The molecule has 1 heterocycles. The number of carbonyl (C=O) groups excluding carboxylic acids is 1. The summed E-state index contributed by atoms with van der Waals surface area (Å²) < 4.78 is 11.1. The van der Waals surface area contributed by atoms with Crippen molar-refractivity contribution in [3.05, 3.63) is 69.7 Å². The van der Waals surface area contributed by atoms with Crippen LogP contribution in [0.3, 0.4) is 0 Å². The van der Waals surface area contributed by atoms with Crippen molar-refractivity contribution >= 4 is 34.0 Å². The van der Waals surface area contributed by atoms with Crippen molar-refractivity contribution < 1.29 is 14.3 Å². The summed E-state index contributed by atoms with van der Waals surface area (Å²) in [5.41, 5.74) is 2.15. The van der Waals surface area contributed by atoms with Gasteiger partial charge in [0, 0.05) is 22.5 Å². The summed E-state index contributed by atoms with van der Waals surface area (Å²) in [6.45, 7) is 4.28. The molecule has 0 atom stereocenters. The molecule has 28 heavy (non-hydrogen) atoms. The fourth-order valence-corrected chi connectivity index (χ4v) is 3.60. The van der Waals surface area contributed by atoms with Crippen LogP contribution in [-0.4, -0.2) is 24.1 Å². The number of nitrogens with zero attached hydrogens (tertiary/aromatic N) is 1. The van der Waals surface area contributed by atoms with Gasteiger partial charge >= 0.3 is 0 Å². The highest BCUT2D eigenvalue weighted by molar-refractivity contribution is 7.15. The lowest BCUT2D eigenvalue weighted by Gasteiger charge is -2.10. The Hall–Kier alpha value is -2.57. The number of halogens is 1. The minimum atomic E-state index is -0.273. The van der Waals surface area contributed by atoms with Gasteiger partial charge in [-0.3, -0.25) is 10.1 Å². The molecule has 1 aromatic heterocycles. The Morgan fingerprint density at radius 1 is 1.18 bits per heavy atom. The number of amides is 1. The highest BCUT2D eigenvalue weighted by atomic mass is 35.5. The number of ether oxygens (including phenoxy) is 2. The van der Waals surface area contributed by atoms with Gasteiger partial charge in [-0.1, -0.05) is 35.9 Å². The monoisotopic (exact) mass is 416 g/mol. The molecule has 2 aromatic carbocycles. The van der Waals surface area contributed by atoms with Crippen molar-refractivity contribution in [2.24, 2.45) is 0 Å². The molecule has 0 unspecified atom stereocenters. The van der Waals surface area contributed by atoms with Gasteiger partial charge in [-0.25, -0.2) is 4.98 Å². The second-order valence-electron chi connectivity index (χ2n) is 6.11. The number of aromatic nitrogens is 1. The van der Waals surface area contributed by atoms with E-state index in [-0.39, 0.29) is 12.5 Å². The molecule has 5 nitrogen and oxygen atoms in total. The summed E-state index contributed by atoms with van der Waals surface area (Å²) in [6, 6.07) is 13.3. The summed E-state index contributed by atoms with van der Waals surface area (Å²) in [5.74, 6) is 0.882. The Balaban J connectivity index is 1.54. The fraction of sp³-hybridized carbons (Fsp3) is 0.238. The minimum Gasteiger partial charge on any atom is -0.490 e. The normalized spacial score (nSPS) is 10.5. The van der Waals surface area contributed by atoms with Crippen LogP contribution in [0.4, 0.5) is 5.13 Å². The van der Waals surface area contributed by atoms with Gasteiger partial charge in [0.25, 0.3) is 5.91 Å². The standard InChI is InChI=1S/C21H21ClN2O3S/c1-3-26-18-6-4-5-7-19(18)27-13-20(25)24-21-23-12-16(28-21)10-15-9-8-14(2)17(22)11-15/h4-9,11-12H,3,10,13H2,1-2H3,(H,23,24,25). The summed E-state index contributed by atoms with van der Waals surface area (Å²) >= 11 is 7.61. The zero-order chi connectivity index (χ0) is 19.9. The van der Waals surface area contributed by atoms with E-state index in [0.29, 0.717) is 29.7 Å². The number of anilines is 1. The van der Waals surface area contributed by atoms with E-state index < -0.39 is 0 Å². The molecule has 0 fully saturated rings. The van der Waals surface area contributed by atoms with Gasteiger partial charge in [0.1, 0.15) is 0 Å². The molecule has 0 saturated carbocycles. The van der Waals surface area contributed by atoms with E-state index in [1.54, 1.807) is 18.3 Å². The molecule has 0 aliphatic rings. The molecule has 0 aliphatic carbocycles. The van der Waals surface area contributed by atoms with Crippen molar-refractivity contribution in [2.45, 2.75) is 20.3 Å². The molecule has 0 spiro atoms. The molecule has 0 saturated heterocycles. The van der Waals surface area contributed by atoms with Crippen LogP contribution in [0.2, 0.25) is 5.02 Å². The first-order valence-electron chi connectivity index (χ1n) is 8.89. The topological polar surface area (TPSA) is 60.5 Å². The largest absolute Gasteiger partial charge is 0.490 e. The maximum Gasteiger partial charge on any atom is 0.264 e. The minimum absolute atomic E-state index is 0.118. The summed E-state index contributed by atoms with van der Waals surface area (Å²) in [6.07, 6.45) is 2.48. The van der Waals surface area contributed by atoms with Crippen molar-refractivity contribution in [1.82, 2.24) is 4.98 Å². The molecule has 0 radical (unpaired) electrons. The quantitative estimate of drug-likeness (QED) is 0.554. The van der Waals surface area contributed by atoms with Gasteiger partial charge in [-0.2, -0.15) is 0 Å². The molecule has 3 aromatic rings. The van der Waals surface area contributed by atoms with Crippen LogP contribution in [0.15, 0.2) is 48.7 Å². The van der Waals surface area contributed by atoms with Crippen LogP contribution in [0.5, 0.6) is 11.5 Å². The predicted molar refractivity (Wildman–Crippen MR) is 113 cm³/mol. The molecule has 7 heteroatoms. The Bertz CT molecular complexity index is 958. The third-order valence-electron chi connectivity index (χ3n) is 3.92. The van der Waals surface area contributed by atoms with E-state index >= 15 is 0 Å². The average molecular weight is 417 g/mol. The summed E-state index contributed by atoms with van der Waals surface area (Å²) in [4.78, 5) is 17.5. The van der Waals surface area contributed by atoms with Gasteiger partial charge in [0.2, 0.25) is 0 Å². The van der Waals surface area contributed by atoms with Gasteiger partial charge < -0.3 is 9.47 Å². The zero-order valence-corrected chi connectivity index (χ0v) is 17.3. The van der Waals surface area contributed by atoms with Gasteiger partial charge in [-0.05, 0) is 43.2 Å².